The van der Waals surface area contributed by atoms with Crippen molar-refractivity contribution in [1.29, 1.82) is 0 Å². The molecule has 0 saturated carbocycles. The van der Waals surface area contributed by atoms with Gasteiger partial charge in [0.2, 0.25) is 5.91 Å². The molecule has 0 radical (unpaired) electrons. The van der Waals surface area contributed by atoms with Crippen LogP contribution in [0.3, 0.4) is 0 Å². The van der Waals surface area contributed by atoms with Gasteiger partial charge < -0.3 is 24.4 Å². The Bertz CT molecular complexity index is 301. The van der Waals surface area contributed by atoms with Gasteiger partial charge in [0.05, 0.1) is 38.4 Å². The van der Waals surface area contributed by atoms with Crippen LogP contribution in [0.25, 0.3) is 0 Å². The Hall–Kier alpha value is -0.690. The predicted octanol–water partition coefficient (Wildman–Crippen LogP) is 0.511. The average Bonchev–Trinajstić information content (AvgIpc) is 2.94. The van der Waals surface area contributed by atoms with Gasteiger partial charge in [-0.05, 0) is 19.9 Å². The Labute approximate surface area is 128 Å². The summed E-state index contributed by atoms with van der Waals surface area (Å²) in [5, 5.41) is 3.41. The van der Waals surface area contributed by atoms with Crippen LogP contribution in [0.15, 0.2) is 0 Å². The molecule has 1 aliphatic rings. The van der Waals surface area contributed by atoms with Gasteiger partial charge in [-0.25, -0.2) is 0 Å². The lowest BCUT2D eigenvalue weighted by atomic mass is 10.0. The highest BCUT2D eigenvalue weighted by Gasteiger charge is 2.37. The van der Waals surface area contributed by atoms with E-state index in [4.69, 9.17) is 14.2 Å². The topological polar surface area (TPSA) is 60.0 Å². The smallest absolute Gasteiger partial charge is 0.230 e. The third kappa shape index (κ3) is 5.54. The number of nitrogens with one attached hydrogen (secondary N) is 1. The second-order valence-corrected chi connectivity index (χ2v) is 5.53. The summed E-state index contributed by atoms with van der Waals surface area (Å²) in [5.41, 5.74) is 0. The van der Waals surface area contributed by atoms with Crippen LogP contribution in [0.5, 0.6) is 0 Å². The summed E-state index contributed by atoms with van der Waals surface area (Å²) in [6.07, 6.45) is 1.05. The van der Waals surface area contributed by atoms with E-state index < -0.39 is 0 Å². The molecule has 6 heteroatoms. The molecule has 3 unspecified atom stereocenters. The highest BCUT2D eigenvalue weighted by Crippen LogP contribution is 2.18. The molecular formula is C15H30N2O4. The molecule has 0 aromatic rings. The maximum Gasteiger partial charge on any atom is 0.230 e. The fourth-order valence-electron chi connectivity index (χ4n) is 2.61. The van der Waals surface area contributed by atoms with Crippen LogP contribution in [0.2, 0.25) is 0 Å². The summed E-state index contributed by atoms with van der Waals surface area (Å²) in [7, 11) is 3.30. The first-order chi connectivity index (χ1) is 10.2. The summed E-state index contributed by atoms with van der Waals surface area (Å²) in [6.45, 7) is 7.75. The van der Waals surface area contributed by atoms with Crippen LogP contribution in [0, 0.1) is 5.92 Å². The quantitative estimate of drug-likeness (QED) is 0.637. The van der Waals surface area contributed by atoms with Crippen molar-refractivity contribution in [3.8, 4) is 0 Å². The first-order valence-electron chi connectivity index (χ1n) is 7.75. The van der Waals surface area contributed by atoms with E-state index in [2.05, 4.69) is 12.2 Å². The molecule has 1 aliphatic heterocycles. The monoisotopic (exact) mass is 302 g/mol. The van der Waals surface area contributed by atoms with E-state index in [0.717, 1.165) is 13.0 Å². The fraction of sp³-hybridized carbons (Fsp3) is 0.933. The van der Waals surface area contributed by atoms with Crippen molar-refractivity contribution in [2.45, 2.75) is 32.4 Å². The summed E-state index contributed by atoms with van der Waals surface area (Å²) in [6, 6.07) is 0.141. The van der Waals surface area contributed by atoms with Gasteiger partial charge in [0.25, 0.3) is 0 Å². The van der Waals surface area contributed by atoms with Gasteiger partial charge in [0, 0.05) is 26.8 Å². The number of amides is 1. The summed E-state index contributed by atoms with van der Waals surface area (Å²) in [5.74, 6) is 0.00964. The van der Waals surface area contributed by atoms with Gasteiger partial charge in [-0.2, -0.15) is 0 Å². The molecule has 1 amide bonds. The Kier molecular flexibility index (Phi) is 8.84. The number of carbonyl (C=O) groups excluding carboxylic acids is 1. The zero-order valence-electron chi connectivity index (χ0n) is 13.8. The highest BCUT2D eigenvalue weighted by atomic mass is 16.5. The van der Waals surface area contributed by atoms with Crippen LogP contribution >= 0.6 is 0 Å². The van der Waals surface area contributed by atoms with E-state index in [1.165, 1.54) is 0 Å². The first-order valence-corrected chi connectivity index (χ1v) is 7.75. The molecule has 0 aromatic heterocycles. The molecule has 124 valence electrons. The maximum absolute atomic E-state index is 12.8. The lowest BCUT2D eigenvalue weighted by Crippen LogP contribution is -2.50. The van der Waals surface area contributed by atoms with Crippen molar-refractivity contribution < 1.29 is 19.0 Å². The number of rotatable bonds is 10. The molecule has 1 saturated heterocycles. The second kappa shape index (κ2) is 10.1. The van der Waals surface area contributed by atoms with Crippen LogP contribution in [-0.2, 0) is 19.0 Å². The van der Waals surface area contributed by atoms with Crippen molar-refractivity contribution in [3.05, 3.63) is 0 Å². The number of nitrogens with zero attached hydrogens (tertiary/aromatic N) is 1. The average molecular weight is 302 g/mol. The molecule has 0 spiro atoms. The molecule has 1 rings (SSSR count). The van der Waals surface area contributed by atoms with E-state index in [1.54, 1.807) is 14.2 Å². The Balaban J connectivity index is 2.68. The lowest BCUT2D eigenvalue weighted by Gasteiger charge is -2.32. The standard InChI is InChI=1S/C15H30N2O4/c1-5-6-16-14-11-21-10-13(14)15(18)17(7-8-19-3)12(2)9-20-4/h12-14,16H,5-11H2,1-4H3. The van der Waals surface area contributed by atoms with E-state index >= 15 is 0 Å². The van der Waals surface area contributed by atoms with Gasteiger partial charge in [-0.1, -0.05) is 6.92 Å². The van der Waals surface area contributed by atoms with Crippen LogP contribution in [0.4, 0.5) is 0 Å². The van der Waals surface area contributed by atoms with Gasteiger partial charge in [0.1, 0.15) is 0 Å². The second-order valence-electron chi connectivity index (χ2n) is 5.53. The Morgan fingerprint density at radius 3 is 2.76 bits per heavy atom. The zero-order chi connectivity index (χ0) is 15.7. The molecule has 1 fully saturated rings. The molecule has 0 bridgehead atoms. The van der Waals surface area contributed by atoms with Crippen molar-refractivity contribution in [3.63, 3.8) is 0 Å². The van der Waals surface area contributed by atoms with Gasteiger partial charge >= 0.3 is 0 Å². The van der Waals surface area contributed by atoms with Crippen molar-refractivity contribution >= 4 is 5.91 Å². The molecule has 0 aromatic carbocycles. The third-order valence-electron chi connectivity index (χ3n) is 3.81. The summed E-state index contributed by atoms with van der Waals surface area (Å²) < 4.78 is 15.8. The van der Waals surface area contributed by atoms with Crippen LogP contribution in [0.1, 0.15) is 20.3 Å². The SMILES string of the molecule is CCCNC1COCC1C(=O)N(CCOC)C(C)COC. The summed E-state index contributed by atoms with van der Waals surface area (Å²) in [4.78, 5) is 14.7. The van der Waals surface area contributed by atoms with Crippen LogP contribution < -0.4 is 5.32 Å². The lowest BCUT2D eigenvalue weighted by molar-refractivity contribution is -0.140. The Morgan fingerprint density at radius 2 is 2.14 bits per heavy atom. The minimum Gasteiger partial charge on any atom is -0.383 e. The minimum absolute atomic E-state index is 0.0325. The van der Waals surface area contributed by atoms with Crippen LogP contribution in [-0.4, -0.2) is 76.6 Å². The van der Waals surface area contributed by atoms with Crippen molar-refractivity contribution in [1.82, 2.24) is 10.2 Å². The molecule has 0 aliphatic carbocycles. The van der Waals surface area contributed by atoms with E-state index in [0.29, 0.717) is 33.0 Å². The van der Waals surface area contributed by atoms with E-state index in [9.17, 15) is 4.79 Å². The normalized spacial score (nSPS) is 23.2. The summed E-state index contributed by atoms with van der Waals surface area (Å²) >= 11 is 0. The fourth-order valence-corrected chi connectivity index (χ4v) is 2.61. The van der Waals surface area contributed by atoms with Gasteiger partial charge in [-0.3, -0.25) is 4.79 Å². The zero-order valence-corrected chi connectivity index (χ0v) is 13.8. The van der Waals surface area contributed by atoms with Gasteiger partial charge in [0.15, 0.2) is 0 Å². The largest absolute Gasteiger partial charge is 0.383 e. The van der Waals surface area contributed by atoms with E-state index in [1.807, 2.05) is 11.8 Å². The number of carbonyl (C=O) groups is 1. The van der Waals surface area contributed by atoms with Gasteiger partial charge in [-0.15, -0.1) is 0 Å². The maximum atomic E-state index is 12.8. The number of hydrogen-bond donors (Lipinski definition) is 1. The molecule has 6 nitrogen and oxygen atoms in total. The highest BCUT2D eigenvalue weighted by molar-refractivity contribution is 5.80. The molecular weight excluding hydrogens is 272 g/mol. The molecule has 3 atom stereocenters. The van der Waals surface area contributed by atoms with E-state index in [-0.39, 0.29) is 23.9 Å². The number of hydrogen-bond acceptors (Lipinski definition) is 5. The number of methoxy groups -OCH3 is 2. The third-order valence-corrected chi connectivity index (χ3v) is 3.81. The number of ether oxygens (including phenoxy) is 3. The predicted molar refractivity (Wildman–Crippen MR) is 81.3 cm³/mol. The molecule has 1 heterocycles. The molecule has 1 N–H and O–H groups in total. The van der Waals surface area contributed by atoms with Crippen molar-refractivity contribution in [2.75, 3.05) is 53.7 Å². The first kappa shape index (κ1) is 18.4. The Morgan fingerprint density at radius 1 is 1.38 bits per heavy atom. The van der Waals surface area contributed by atoms with Crippen molar-refractivity contribution in [2.24, 2.45) is 5.92 Å². The molecule has 21 heavy (non-hydrogen) atoms. The minimum atomic E-state index is -0.118.